The Morgan fingerprint density at radius 1 is 0.217 bits per heavy atom. The predicted octanol–water partition coefficient (Wildman–Crippen LogP) is 13.0. The van der Waals surface area contributed by atoms with Crippen molar-refractivity contribution < 1.29 is 0 Å². The molecule has 214 valence electrons. The summed E-state index contributed by atoms with van der Waals surface area (Å²) in [6, 6.07) is 66.6. The molecule has 9 aromatic rings. The van der Waals surface area contributed by atoms with Crippen LogP contribution in [0.4, 0.5) is 0 Å². The van der Waals surface area contributed by atoms with Gasteiger partial charge in [-0.25, -0.2) is 0 Å². The summed E-state index contributed by atoms with van der Waals surface area (Å²) in [5.41, 5.74) is 9.96. The highest BCUT2D eigenvalue weighted by Gasteiger charge is 2.18. The summed E-state index contributed by atoms with van der Waals surface area (Å²) in [6.45, 7) is 0. The van der Waals surface area contributed by atoms with Gasteiger partial charge in [0.1, 0.15) is 0 Å². The van der Waals surface area contributed by atoms with E-state index in [9.17, 15) is 0 Å². The molecule has 9 rings (SSSR count). The quantitative estimate of drug-likeness (QED) is 0.181. The highest BCUT2D eigenvalue weighted by atomic mass is 14.2. The van der Waals surface area contributed by atoms with Gasteiger partial charge in [0.05, 0.1) is 0 Å². The molecular formula is C46H30. The van der Waals surface area contributed by atoms with Gasteiger partial charge in [0.15, 0.2) is 0 Å². The summed E-state index contributed by atoms with van der Waals surface area (Å²) >= 11 is 0. The van der Waals surface area contributed by atoms with Crippen LogP contribution in [0, 0.1) is 0 Å². The van der Waals surface area contributed by atoms with Crippen LogP contribution < -0.4 is 0 Å². The molecule has 0 nitrogen and oxygen atoms in total. The average molecular weight is 583 g/mol. The Balaban J connectivity index is 1.36. The monoisotopic (exact) mass is 582 g/mol. The zero-order chi connectivity index (χ0) is 30.5. The van der Waals surface area contributed by atoms with Crippen molar-refractivity contribution in [1.82, 2.24) is 0 Å². The van der Waals surface area contributed by atoms with Crippen LogP contribution in [0.5, 0.6) is 0 Å². The summed E-state index contributed by atoms with van der Waals surface area (Å²) in [5.74, 6) is 0. The molecule has 0 radical (unpaired) electrons. The van der Waals surface area contributed by atoms with E-state index in [1.807, 2.05) is 0 Å². The lowest BCUT2D eigenvalue weighted by molar-refractivity contribution is 1.61. The van der Waals surface area contributed by atoms with Gasteiger partial charge in [-0.1, -0.05) is 170 Å². The Labute approximate surface area is 268 Å². The Kier molecular flexibility index (Phi) is 6.25. The average Bonchev–Trinajstić information content (AvgIpc) is 3.13. The lowest BCUT2D eigenvalue weighted by Gasteiger charge is -2.19. The highest BCUT2D eigenvalue weighted by molar-refractivity contribution is 6.22. The maximum absolute atomic E-state index is 2.43. The first-order valence-electron chi connectivity index (χ1n) is 15.9. The van der Waals surface area contributed by atoms with Crippen molar-refractivity contribution in [3.63, 3.8) is 0 Å². The zero-order valence-corrected chi connectivity index (χ0v) is 25.3. The van der Waals surface area contributed by atoms with Crippen LogP contribution in [0.15, 0.2) is 182 Å². The summed E-state index contributed by atoms with van der Waals surface area (Å²) in [5, 5.41) is 10.1. The van der Waals surface area contributed by atoms with Crippen LogP contribution in [-0.4, -0.2) is 0 Å². The van der Waals surface area contributed by atoms with Gasteiger partial charge in [0, 0.05) is 0 Å². The fourth-order valence-corrected chi connectivity index (χ4v) is 7.25. The first kappa shape index (κ1) is 26.4. The van der Waals surface area contributed by atoms with E-state index in [2.05, 4.69) is 182 Å². The minimum Gasteiger partial charge on any atom is -0.0622 e. The van der Waals surface area contributed by atoms with Crippen molar-refractivity contribution in [2.24, 2.45) is 0 Å². The van der Waals surface area contributed by atoms with Gasteiger partial charge in [-0.05, 0) is 99.7 Å². The Morgan fingerprint density at radius 2 is 0.739 bits per heavy atom. The van der Waals surface area contributed by atoms with E-state index in [-0.39, 0.29) is 0 Å². The molecule has 0 aromatic heterocycles. The van der Waals surface area contributed by atoms with E-state index in [1.54, 1.807) is 0 Å². The maximum atomic E-state index is 2.43. The summed E-state index contributed by atoms with van der Waals surface area (Å²) in [6.07, 6.45) is 0. The van der Waals surface area contributed by atoms with Crippen LogP contribution in [0.25, 0.3) is 87.6 Å². The van der Waals surface area contributed by atoms with E-state index in [0.29, 0.717) is 0 Å². The topological polar surface area (TPSA) is 0 Å². The van der Waals surface area contributed by atoms with Gasteiger partial charge < -0.3 is 0 Å². The third-order valence-corrected chi connectivity index (χ3v) is 9.44. The normalized spacial score (nSPS) is 11.5. The Morgan fingerprint density at radius 3 is 1.52 bits per heavy atom. The highest BCUT2D eigenvalue weighted by Crippen LogP contribution is 2.46. The third kappa shape index (κ3) is 4.38. The van der Waals surface area contributed by atoms with Gasteiger partial charge in [-0.3, -0.25) is 0 Å². The maximum Gasteiger partial charge on any atom is -0.00259 e. The number of benzene rings is 9. The first-order valence-corrected chi connectivity index (χ1v) is 15.9. The molecule has 0 aliphatic heterocycles. The van der Waals surface area contributed by atoms with Crippen LogP contribution in [0.3, 0.4) is 0 Å². The largest absolute Gasteiger partial charge is 0.0622 e. The third-order valence-electron chi connectivity index (χ3n) is 9.44. The SMILES string of the molecule is c1ccc(-c2ccc(-c3c4ccccc4c(-c4ccc5ccccc5c4)c4cc(-c5cccc6ccccc56)ccc34)cc2)cc1. The molecule has 0 saturated carbocycles. The molecule has 0 aliphatic carbocycles. The van der Waals surface area contributed by atoms with Crippen molar-refractivity contribution >= 4 is 43.1 Å². The lowest BCUT2D eigenvalue weighted by atomic mass is 9.84. The Bertz CT molecular complexity index is 2550. The molecule has 0 amide bonds. The van der Waals surface area contributed by atoms with Crippen molar-refractivity contribution in [3.05, 3.63) is 182 Å². The van der Waals surface area contributed by atoms with E-state index < -0.39 is 0 Å². The van der Waals surface area contributed by atoms with Crippen LogP contribution in [0.1, 0.15) is 0 Å². The van der Waals surface area contributed by atoms with E-state index >= 15 is 0 Å². The fourth-order valence-electron chi connectivity index (χ4n) is 7.25. The molecule has 0 fully saturated rings. The van der Waals surface area contributed by atoms with Crippen LogP contribution >= 0.6 is 0 Å². The molecule has 0 spiro atoms. The minimum atomic E-state index is 1.23. The molecular weight excluding hydrogens is 553 g/mol. The summed E-state index contributed by atoms with van der Waals surface area (Å²) in [4.78, 5) is 0. The molecule has 9 aromatic carbocycles. The van der Waals surface area contributed by atoms with E-state index in [1.165, 1.54) is 87.6 Å². The standard InChI is InChI=1S/C46H30/c1-2-11-31(12-3-1)33-21-24-35(25-22-33)45-41-18-8-9-19-42(41)46(38-26-23-32-13-4-5-15-36(32)29-38)44-30-37(27-28-43(44)45)40-20-10-16-34-14-6-7-17-39(34)40/h1-30H. The molecule has 46 heavy (non-hydrogen) atoms. The molecule has 0 bridgehead atoms. The summed E-state index contributed by atoms with van der Waals surface area (Å²) in [7, 11) is 0. The molecule has 0 aliphatic rings. The number of fused-ring (bicyclic) bond motifs is 4. The molecule has 0 heteroatoms. The summed E-state index contributed by atoms with van der Waals surface area (Å²) < 4.78 is 0. The van der Waals surface area contributed by atoms with Crippen LogP contribution in [0.2, 0.25) is 0 Å². The molecule has 0 N–H and O–H groups in total. The smallest absolute Gasteiger partial charge is 0.00259 e. The second-order valence-corrected chi connectivity index (χ2v) is 12.1. The number of hydrogen-bond acceptors (Lipinski definition) is 0. The van der Waals surface area contributed by atoms with Gasteiger partial charge in [-0.15, -0.1) is 0 Å². The van der Waals surface area contributed by atoms with Crippen molar-refractivity contribution in [1.29, 1.82) is 0 Å². The van der Waals surface area contributed by atoms with Gasteiger partial charge in [0.2, 0.25) is 0 Å². The van der Waals surface area contributed by atoms with Gasteiger partial charge in [0.25, 0.3) is 0 Å². The molecule has 0 atom stereocenters. The van der Waals surface area contributed by atoms with E-state index in [4.69, 9.17) is 0 Å². The first-order chi connectivity index (χ1) is 22.8. The molecule has 0 heterocycles. The second-order valence-electron chi connectivity index (χ2n) is 12.1. The van der Waals surface area contributed by atoms with Crippen LogP contribution in [-0.2, 0) is 0 Å². The number of rotatable bonds is 4. The van der Waals surface area contributed by atoms with Gasteiger partial charge >= 0.3 is 0 Å². The van der Waals surface area contributed by atoms with E-state index in [0.717, 1.165) is 0 Å². The van der Waals surface area contributed by atoms with Gasteiger partial charge in [-0.2, -0.15) is 0 Å². The molecule has 0 unspecified atom stereocenters. The number of hydrogen-bond donors (Lipinski definition) is 0. The molecule has 0 saturated heterocycles. The fraction of sp³-hybridized carbons (Fsp3) is 0. The van der Waals surface area contributed by atoms with Crippen molar-refractivity contribution in [2.75, 3.05) is 0 Å². The second kappa shape index (κ2) is 10.9. The predicted molar refractivity (Wildman–Crippen MR) is 198 cm³/mol. The minimum absolute atomic E-state index is 1.23. The van der Waals surface area contributed by atoms with Crippen molar-refractivity contribution in [2.45, 2.75) is 0 Å². The lowest BCUT2D eigenvalue weighted by Crippen LogP contribution is -1.92. The Hall–Kier alpha value is -5.98. The van der Waals surface area contributed by atoms with Crippen molar-refractivity contribution in [3.8, 4) is 44.5 Å². The zero-order valence-electron chi connectivity index (χ0n) is 25.3.